The molecule has 0 aliphatic carbocycles. The lowest BCUT2D eigenvalue weighted by Crippen LogP contribution is -2.39. The number of aryl methyl sites for hydroxylation is 1. The van der Waals surface area contributed by atoms with E-state index in [9.17, 15) is 31.5 Å². The molecule has 0 saturated heterocycles. The number of alkyl halides is 5. The van der Waals surface area contributed by atoms with Crippen molar-refractivity contribution in [2.75, 3.05) is 39.0 Å². The van der Waals surface area contributed by atoms with Gasteiger partial charge in [-0.2, -0.15) is 18.3 Å². The molecular weight excluding hydrogens is 621 g/mol. The molecule has 0 bridgehead atoms. The summed E-state index contributed by atoms with van der Waals surface area (Å²) >= 11 is 0. The highest BCUT2D eigenvalue weighted by Crippen LogP contribution is 2.37. The second-order valence-electron chi connectivity index (χ2n) is 9.91. The number of amides is 2. The van der Waals surface area contributed by atoms with E-state index in [2.05, 4.69) is 31.0 Å². The summed E-state index contributed by atoms with van der Waals surface area (Å²) in [6.45, 7) is 1.55. The van der Waals surface area contributed by atoms with Crippen LogP contribution in [0.5, 0.6) is 0 Å². The molecule has 3 aromatic heterocycles. The fraction of sp³-hybridized carbons (Fsp3) is 0.357. The Morgan fingerprint density at radius 1 is 1.15 bits per heavy atom. The van der Waals surface area contributed by atoms with Gasteiger partial charge < -0.3 is 26.0 Å². The third-order valence-corrected chi connectivity index (χ3v) is 6.34. The van der Waals surface area contributed by atoms with Gasteiger partial charge in [-0.1, -0.05) is 6.92 Å². The van der Waals surface area contributed by atoms with E-state index in [4.69, 9.17) is 9.90 Å². The van der Waals surface area contributed by atoms with Crippen LogP contribution in [0.1, 0.15) is 28.5 Å². The van der Waals surface area contributed by atoms with Gasteiger partial charge in [0.1, 0.15) is 6.54 Å². The van der Waals surface area contributed by atoms with Crippen LogP contribution in [0.25, 0.3) is 16.9 Å². The highest BCUT2D eigenvalue weighted by atomic mass is 19.4. The average molecular weight is 654 g/mol. The van der Waals surface area contributed by atoms with E-state index < -0.39 is 36.3 Å². The van der Waals surface area contributed by atoms with Crippen molar-refractivity contribution >= 4 is 35.4 Å². The molecule has 4 N–H and O–H groups in total. The van der Waals surface area contributed by atoms with Crippen LogP contribution in [0.4, 0.5) is 33.5 Å². The first kappa shape index (κ1) is 35.4. The Bertz CT molecular complexity index is 1650. The van der Waals surface area contributed by atoms with Crippen LogP contribution in [-0.2, 0) is 28.7 Å². The minimum absolute atomic E-state index is 0.0136. The van der Waals surface area contributed by atoms with Crippen molar-refractivity contribution in [3.05, 3.63) is 59.8 Å². The summed E-state index contributed by atoms with van der Waals surface area (Å²) < 4.78 is 68.8. The van der Waals surface area contributed by atoms with Crippen molar-refractivity contribution in [2.45, 2.75) is 32.5 Å². The van der Waals surface area contributed by atoms with Crippen molar-refractivity contribution in [3.8, 4) is 11.3 Å². The standard InChI is InChI=1S/C27H30F5N9O2.CH2O2/c1-4-16-11-17(5-6-18(16)26(43)36-13-22(42)33-7-9-39(2)3)37-24-25-35-12-20(41(25)10-8-34-24)19-14-40(15-21(28)29)38-23(19)27(30,31)32;2-1-3/h5-6,8,10-12,14,21H,4,7,9,13,15H2,1-3H3,(H,33,42)(H,34,37)(H,36,43);1H,(H,2,3). The number of halogens is 5. The first-order chi connectivity index (χ1) is 21.8. The van der Waals surface area contributed by atoms with Crippen LogP contribution in [0.3, 0.4) is 0 Å². The van der Waals surface area contributed by atoms with E-state index in [-0.39, 0.29) is 36.1 Å². The molecule has 46 heavy (non-hydrogen) atoms. The van der Waals surface area contributed by atoms with Crippen LogP contribution < -0.4 is 16.0 Å². The summed E-state index contributed by atoms with van der Waals surface area (Å²) in [7, 11) is 3.76. The van der Waals surface area contributed by atoms with Crippen LogP contribution in [-0.4, -0.2) is 92.6 Å². The SMILES string of the molecule is CCc1cc(Nc2nccn3c(-c4cn(CC(F)F)nc4C(F)(F)F)cnc23)ccc1C(=O)NCC(=O)NCCN(C)C.O=CO. The van der Waals surface area contributed by atoms with Gasteiger partial charge in [0, 0.05) is 42.9 Å². The second-order valence-corrected chi connectivity index (χ2v) is 9.91. The monoisotopic (exact) mass is 653 g/mol. The number of imidazole rings is 1. The van der Waals surface area contributed by atoms with E-state index in [1.54, 1.807) is 18.2 Å². The zero-order chi connectivity index (χ0) is 34.0. The Morgan fingerprint density at radius 2 is 1.87 bits per heavy atom. The number of hydrogen-bond acceptors (Lipinski definition) is 8. The van der Waals surface area contributed by atoms with Gasteiger partial charge >= 0.3 is 6.18 Å². The van der Waals surface area contributed by atoms with Gasteiger partial charge in [0.15, 0.2) is 17.2 Å². The number of nitrogens with one attached hydrogen (secondary N) is 3. The molecule has 18 heteroatoms. The smallest absolute Gasteiger partial charge is 0.435 e. The van der Waals surface area contributed by atoms with Crippen LogP contribution in [0.2, 0.25) is 0 Å². The largest absolute Gasteiger partial charge is 0.483 e. The number of fused-ring (bicyclic) bond motifs is 1. The Hall–Kier alpha value is -5.13. The van der Waals surface area contributed by atoms with Gasteiger partial charge in [0.05, 0.1) is 24.0 Å². The average Bonchev–Trinajstić information content (AvgIpc) is 3.60. The maximum atomic E-state index is 13.7. The molecule has 1 aromatic carbocycles. The molecule has 0 spiro atoms. The lowest BCUT2D eigenvalue weighted by atomic mass is 10.0. The summed E-state index contributed by atoms with van der Waals surface area (Å²) in [5.74, 6) is -0.526. The van der Waals surface area contributed by atoms with E-state index in [0.29, 0.717) is 41.0 Å². The maximum Gasteiger partial charge on any atom is 0.435 e. The van der Waals surface area contributed by atoms with E-state index >= 15 is 0 Å². The summed E-state index contributed by atoms with van der Waals surface area (Å²) in [5, 5.41) is 18.6. The van der Waals surface area contributed by atoms with E-state index in [1.807, 2.05) is 25.9 Å². The van der Waals surface area contributed by atoms with Gasteiger partial charge in [-0.25, -0.2) is 18.7 Å². The van der Waals surface area contributed by atoms with E-state index in [0.717, 1.165) is 6.20 Å². The fourth-order valence-corrected chi connectivity index (χ4v) is 4.32. The molecule has 0 fully saturated rings. The number of benzene rings is 1. The van der Waals surface area contributed by atoms with Gasteiger partial charge in [0.25, 0.3) is 18.8 Å². The number of nitrogens with zero attached hydrogens (tertiary/aromatic N) is 6. The topological polar surface area (TPSA) is 159 Å². The molecule has 0 unspecified atom stereocenters. The Kier molecular flexibility index (Phi) is 12.1. The second kappa shape index (κ2) is 15.7. The summed E-state index contributed by atoms with van der Waals surface area (Å²) in [5.41, 5.74) is 0.0200. The highest BCUT2D eigenvalue weighted by molar-refractivity contribution is 5.98. The first-order valence-electron chi connectivity index (χ1n) is 13.7. The molecular formula is C28H32F5N9O4. The quantitative estimate of drug-likeness (QED) is 0.133. The molecule has 0 saturated carbocycles. The highest BCUT2D eigenvalue weighted by Gasteiger charge is 2.38. The van der Waals surface area contributed by atoms with Crippen LogP contribution >= 0.6 is 0 Å². The van der Waals surface area contributed by atoms with Crippen LogP contribution in [0, 0.1) is 0 Å². The number of hydrogen-bond donors (Lipinski definition) is 4. The molecule has 4 aromatic rings. The minimum atomic E-state index is -4.89. The molecule has 0 aliphatic rings. The predicted molar refractivity (Wildman–Crippen MR) is 157 cm³/mol. The van der Waals surface area contributed by atoms with Gasteiger partial charge in [-0.15, -0.1) is 0 Å². The third-order valence-electron chi connectivity index (χ3n) is 6.34. The third kappa shape index (κ3) is 9.19. The van der Waals surface area contributed by atoms with E-state index in [1.165, 1.54) is 23.0 Å². The Morgan fingerprint density at radius 3 is 2.50 bits per heavy atom. The zero-order valence-corrected chi connectivity index (χ0v) is 25.0. The normalized spacial score (nSPS) is 11.3. The lowest BCUT2D eigenvalue weighted by molar-refractivity contribution is -0.141. The van der Waals surface area contributed by atoms with Crippen molar-refractivity contribution in [2.24, 2.45) is 0 Å². The molecule has 4 rings (SSSR count). The van der Waals surface area contributed by atoms with Gasteiger partial charge in [-0.05, 0) is 44.3 Å². The number of carbonyl (C=O) groups is 3. The Balaban J connectivity index is 0.00000185. The van der Waals surface area contributed by atoms with Crippen molar-refractivity contribution in [1.82, 2.24) is 39.7 Å². The molecule has 0 radical (unpaired) electrons. The van der Waals surface area contributed by atoms with Crippen molar-refractivity contribution in [1.29, 1.82) is 0 Å². The van der Waals surface area contributed by atoms with Gasteiger partial charge in [0.2, 0.25) is 5.91 Å². The summed E-state index contributed by atoms with van der Waals surface area (Å²) in [6, 6.07) is 4.93. The molecule has 13 nitrogen and oxygen atoms in total. The number of anilines is 2. The number of carboxylic acid groups (broad SMARTS) is 1. The number of likely N-dealkylation sites (N-methyl/N-ethyl adjacent to an activating group) is 1. The first-order valence-corrected chi connectivity index (χ1v) is 13.7. The fourth-order valence-electron chi connectivity index (χ4n) is 4.32. The summed E-state index contributed by atoms with van der Waals surface area (Å²) in [6.07, 6.45) is -2.44. The Labute approximate surface area is 259 Å². The molecule has 2 amide bonds. The maximum absolute atomic E-state index is 13.7. The number of rotatable bonds is 12. The minimum Gasteiger partial charge on any atom is -0.483 e. The lowest BCUT2D eigenvalue weighted by Gasteiger charge is -2.13. The van der Waals surface area contributed by atoms with Crippen LogP contribution in [0.15, 0.2) is 43.0 Å². The molecule has 0 aliphatic heterocycles. The van der Waals surface area contributed by atoms with Crippen molar-refractivity contribution in [3.63, 3.8) is 0 Å². The van der Waals surface area contributed by atoms with Crippen molar-refractivity contribution < 1.29 is 41.4 Å². The zero-order valence-electron chi connectivity index (χ0n) is 25.0. The predicted octanol–water partition coefficient (Wildman–Crippen LogP) is 3.29. The number of aromatic nitrogens is 5. The number of carbonyl (C=O) groups excluding carboxylic acids is 2. The molecule has 3 heterocycles. The summed E-state index contributed by atoms with van der Waals surface area (Å²) in [4.78, 5) is 43.6. The molecule has 0 atom stereocenters. The van der Waals surface area contributed by atoms with Gasteiger partial charge in [-0.3, -0.25) is 23.5 Å². The molecule has 248 valence electrons.